The lowest BCUT2D eigenvalue weighted by molar-refractivity contribution is -0.115. The molecule has 2 aromatic heterocycles. The Balaban J connectivity index is 1.40. The molecular weight excluding hydrogens is 513 g/mol. The second-order valence-corrected chi connectivity index (χ2v) is 10.4. The SMILES string of the molecule is C[C@@H]1CCc2c(sc(NC(=S)NC(=O)/C=C/c3ccc(-c4cc(Cl)cc(Cl)c4)o3)c2C(N)=O)C1. The van der Waals surface area contributed by atoms with Gasteiger partial charge in [-0.3, -0.25) is 14.9 Å². The van der Waals surface area contributed by atoms with E-state index in [2.05, 4.69) is 17.6 Å². The molecule has 10 heteroatoms. The number of anilines is 1. The highest BCUT2D eigenvalue weighted by molar-refractivity contribution is 7.80. The van der Waals surface area contributed by atoms with E-state index in [4.69, 9.17) is 45.6 Å². The van der Waals surface area contributed by atoms with Gasteiger partial charge in [0, 0.05) is 26.6 Å². The molecule has 4 N–H and O–H groups in total. The van der Waals surface area contributed by atoms with Crippen LogP contribution in [0.1, 0.15) is 39.9 Å². The van der Waals surface area contributed by atoms with Gasteiger partial charge in [0.25, 0.3) is 5.91 Å². The highest BCUT2D eigenvalue weighted by Crippen LogP contribution is 2.39. The summed E-state index contributed by atoms with van der Waals surface area (Å²) in [5.41, 5.74) is 7.80. The molecule has 3 aromatic rings. The highest BCUT2D eigenvalue weighted by atomic mass is 35.5. The van der Waals surface area contributed by atoms with Crippen LogP contribution in [0.3, 0.4) is 0 Å². The Bertz CT molecular complexity index is 1290. The van der Waals surface area contributed by atoms with E-state index in [1.807, 2.05) is 0 Å². The van der Waals surface area contributed by atoms with Crippen molar-refractivity contribution in [3.63, 3.8) is 0 Å². The van der Waals surface area contributed by atoms with Crippen molar-refractivity contribution < 1.29 is 14.0 Å². The predicted octanol–water partition coefficient (Wildman–Crippen LogP) is 6.07. The first-order valence-corrected chi connectivity index (χ1v) is 12.5. The maximum absolute atomic E-state index is 12.3. The smallest absolute Gasteiger partial charge is 0.251 e. The Morgan fingerprint density at radius 2 is 1.97 bits per heavy atom. The van der Waals surface area contributed by atoms with Crippen molar-refractivity contribution in [2.75, 3.05) is 5.32 Å². The molecular formula is C24H21Cl2N3O3S2. The first kappa shape index (κ1) is 24.5. The highest BCUT2D eigenvalue weighted by Gasteiger charge is 2.26. The van der Waals surface area contributed by atoms with Gasteiger partial charge in [-0.05, 0) is 79.4 Å². The lowest BCUT2D eigenvalue weighted by Crippen LogP contribution is -2.33. The van der Waals surface area contributed by atoms with Crippen molar-refractivity contribution in [2.45, 2.75) is 26.2 Å². The van der Waals surface area contributed by atoms with Crippen LogP contribution in [-0.2, 0) is 17.6 Å². The fraction of sp³-hybridized carbons (Fsp3) is 0.208. The summed E-state index contributed by atoms with van der Waals surface area (Å²) < 4.78 is 5.75. The summed E-state index contributed by atoms with van der Waals surface area (Å²) in [4.78, 5) is 25.6. The molecule has 176 valence electrons. The minimum Gasteiger partial charge on any atom is -0.457 e. The summed E-state index contributed by atoms with van der Waals surface area (Å²) in [6.07, 6.45) is 5.54. The number of thiophene rings is 1. The van der Waals surface area contributed by atoms with Crippen LogP contribution in [0.15, 0.2) is 40.8 Å². The van der Waals surface area contributed by atoms with Gasteiger partial charge in [0.15, 0.2) is 5.11 Å². The Labute approximate surface area is 216 Å². The number of nitrogens with two attached hydrogens (primary N) is 1. The van der Waals surface area contributed by atoms with Crippen molar-refractivity contribution >= 4 is 74.8 Å². The normalized spacial score (nSPS) is 15.2. The fourth-order valence-corrected chi connectivity index (χ4v) is 6.05. The number of fused-ring (bicyclic) bond motifs is 1. The molecule has 1 aliphatic rings. The van der Waals surface area contributed by atoms with Crippen LogP contribution < -0.4 is 16.4 Å². The Kier molecular flexibility index (Phi) is 7.42. The molecule has 2 heterocycles. The van der Waals surface area contributed by atoms with Crippen LogP contribution in [0.25, 0.3) is 17.4 Å². The Morgan fingerprint density at radius 1 is 1.24 bits per heavy atom. The second kappa shape index (κ2) is 10.3. The number of carbonyl (C=O) groups is 2. The van der Waals surface area contributed by atoms with E-state index >= 15 is 0 Å². The number of halogens is 2. The molecule has 0 unspecified atom stereocenters. The van der Waals surface area contributed by atoms with E-state index < -0.39 is 11.8 Å². The van der Waals surface area contributed by atoms with Gasteiger partial charge in [0.05, 0.1) is 5.56 Å². The molecule has 6 nitrogen and oxygen atoms in total. The van der Waals surface area contributed by atoms with Gasteiger partial charge in [-0.15, -0.1) is 11.3 Å². The zero-order valence-corrected chi connectivity index (χ0v) is 21.3. The lowest BCUT2D eigenvalue weighted by atomic mass is 9.88. The molecule has 0 spiro atoms. The van der Waals surface area contributed by atoms with E-state index in [9.17, 15) is 9.59 Å². The number of hydrogen-bond acceptors (Lipinski definition) is 5. The van der Waals surface area contributed by atoms with Crippen LogP contribution in [0.4, 0.5) is 5.00 Å². The number of carbonyl (C=O) groups excluding carboxylic acids is 2. The third kappa shape index (κ3) is 5.70. The summed E-state index contributed by atoms with van der Waals surface area (Å²) in [7, 11) is 0. The molecule has 1 aliphatic carbocycles. The monoisotopic (exact) mass is 533 g/mol. The minimum absolute atomic E-state index is 0.0810. The van der Waals surface area contributed by atoms with E-state index in [-0.39, 0.29) is 5.11 Å². The van der Waals surface area contributed by atoms with Crippen molar-refractivity contribution in [3.8, 4) is 11.3 Å². The molecule has 34 heavy (non-hydrogen) atoms. The van der Waals surface area contributed by atoms with Crippen LogP contribution >= 0.6 is 46.8 Å². The van der Waals surface area contributed by atoms with Gasteiger partial charge < -0.3 is 15.5 Å². The standard InChI is InChI=1S/C24H21Cl2N3O3S2/c1-12-2-5-17-19(8-12)34-23(21(17)22(27)31)29-24(33)28-20(30)7-4-16-3-6-18(32-16)13-9-14(25)11-15(26)10-13/h3-4,6-7,9-12H,2,5,8H2,1H3,(H2,27,31)(H2,28,29,30,33)/b7-4+/t12-/m1/s1. The predicted molar refractivity (Wildman–Crippen MR) is 142 cm³/mol. The zero-order chi connectivity index (χ0) is 24.4. The number of amides is 2. The van der Waals surface area contributed by atoms with Gasteiger partial charge in [-0.1, -0.05) is 30.1 Å². The molecule has 0 fully saturated rings. The fourth-order valence-electron chi connectivity index (χ4n) is 3.84. The molecule has 2 amide bonds. The van der Waals surface area contributed by atoms with E-state index in [1.165, 1.54) is 23.5 Å². The number of thiocarbonyl (C=S) groups is 1. The van der Waals surface area contributed by atoms with Crippen molar-refractivity contribution in [1.82, 2.24) is 5.32 Å². The molecule has 0 saturated carbocycles. The Morgan fingerprint density at radius 3 is 2.68 bits per heavy atom. The maximum atomic E-state index is 12.3. The molecule has 1 aromatic carbocycles. The first-order chi connectivity index (χ1) is 16.2. The third-order valence-corrected chi connectivity index (χ3v) is 7.21. The zero-order valence-electron chi connectivity index (χ0n) is 18.1. The first-order valence-electron chi connectivity index (χ1n) is 10.5. The van der Waals surface area contributed by atoms with E-state index in [1.54, 1.807) is 30.3 Å². The van der Waals surface area contributed by atoms with Gasteiger partial charge in [-0.2, -0.15) is 0 Å². The van der Waals surface area contributed by atoms with Crippen LogP contribution in [0, 0.1) is 5.92 Å². The van der Waals surface area contributed by atoms with Gasteiger partial charge in [0.2, 0.25) is 5.91 Å². The number of benzene rings is 1. The lowest BCUT2D eigenvalue weighted by Gasteiger charge is -2.18. The number of rotatable bonds is 5. The topological polar surface area (TPSA) is 97.4 Å². The summed E-state index contributed by atoms with van der Waals surface area (Å²) in [5, 5.41) is 7.19. The van der Waals surface area contributed by atoms with Crippen molar-refractivity contribution in [3.05, 3.63) is 68.2 Å². The Hall–Kier alpha value is -2.65. The van der Waals surface area contributed by atoms with Gasteiger partial charge in [-0.25, -0.2) is 0 Å². The molecule has 4 rings (SSSR count). The third-order valence-electron chi connectivity index (χ3n) is 5.39. The quantitative estimate of drug-likeness (QED) is 0.273. The summed E-state index contributed by atoms with van der Waals surface area (Å²) in [5.74, 6) is 0.636. The average Bonchev–Trinajstić information content (AvgIpc) is 3.35. The molecule has 0 aliphatic heterocycles. The van der Waals surface area contributed by atoms with Gasteiger partial charge >= 0.3 is 0 Å². The van der Waals surface area contributed by atoms with Crippen molar-refractivity contribution in [2.24, 2.45) is 11.7 Å². The van der Waals surface area contributed by atoms with E-state index in [0.717, 1.165) is 35.3 Å². The summed E-state index contributed by atoms with van der Waals surface area (Å²) in [6, 6.07) is 8.59. The number of hydrogen-bond donors (Lipinski definition) is 3. The summed E-state index contributed by atoms with van der Waals surface area (Å²) in [6.45, 7) is 2.18. The van der Waals surface area contributed by atoms with Crippen LogP contribution in [0.5, 0.6) is 0 Å². The van der Waals surface area contributed by atoms with Crippen LogP contribution in [-0.4, -0.2) is 16.9 Å². The van der Waals surface area contributed by atoms with Crippen LogP contribution in [0.2, 0.25) is 10.0 Å². The summed E-state index contributed by atoms with van der Waals surface area (Å²) >= 11 is 18.8. The second-order valence-electron chi connectivity index (χ2n) is 8.06. The number of nitrogens with one attached hydrogen (secondary N) is 2. The van der Waals surface area contributed by atoms with Crippen molar-refractivity contribution in [1.29, 1.82) is 0 Å². The largest absolute Gasteiger partial charge is 0.457 e. The van der Waals surface area contributed by atoms with Gasteiger partial charge in [0.1, 0.15) is 16.5 Å². The number of primary amides is 1. The molecule has 0 bridgehead atoms. The molecule has 0 radical (unpaired) electrons. The maximum Gasteiger partial charge on any atom is 0.251 e. The number of furan rings is 1. The van der Waals surface area contributed by atoms with E-state index in [0.29, 0.717) is 38.0 Å². The molecule has 0 saturated heterocycles. The minimum atomic E-state index is -0.502. The molecule has 1 atom stereocenters. The average molecular weight is 534 g/mol.